The van der Waals surface area contributed by atoms with Crippen molar-refractivity contribution in [1.29, 1.82) is 0 Å². The van der Waals surface area contributed by atoms with Crippen LogP contribution in [0.15, 0.2) is 36.7 Å². The van der Waals surface area contributed by atoms with Crippen LogP contribution in [0.5, 0.6) is 5.75 Å². The molecule has 0 atom stereocenters. The minimum atomic E-state index is -0.177. The molecular weight excluding hydrogens is 304 g/mol. The van der Waals surface area contributed by atoms with Crippen LogP contribution < -0.4 is 15.4 Å². The van der Waals surface area contributed by atoms with Crippen molar-refractivity contribution in [2.75, 3.05) is 25.5 Å². The summed E-state index contributed by atoms with van der Waals surface area (Å²) in [5, 5.41) is 6.07. The molecule has 0 radical (unpaired) electrons. The third kappa shape index (κ3) is 5.53. The monoisotopic (exact) mass is 328 g/mol. The SMILES string of the molecule is COc1ccc(CCNc2cc(C(=O)NCC(C)C)ncn2)cc1. The van der Waals surface area contributed by atoms with Crippen LogP contribution in [-0.4, -0.2) is 36.1 Å². The Morgan fingerprint density at radius 1 is 1.21 bits per heavy atom. The maximum Gasteiger partial charge on any atom is 0.270 e. The summed E-state index contributed by atoms with van der Waals surface area (Å²) in [4.78, 5) is 20.2. The number of amides is 1. The molecule has 0 fully saturated rings. The maximum atomic E-state index is 12.0. The number of nitrogens with one attached hydrogen (secondary N) is 2. The highest BCUT2D eigenvalue weighted by Crippen LogP contribution is 2.12. The number of nitrogens with zero attached hydrogens (tertiary/aromatic N) is 2. The molecule has 1 amide bonds. The largest absolute Gasteiger partial charge is 0.497 e. The van der Waals surface area contributed by atoms with Gasteiger partial charge >= 0.3 is 0 Å². The molecule has 128 valence electrons. The predicted octanol–water partition coefficient (Wildman–Crippen LogP) is 2.53. The van der Waals surface area contributed by atoms with E-state index in [4.69, 9.17) is 4.74 Å². The Balaban J connectivity index is 1.86. The van der Waals surface area contributed by atoms with E-state index in [0.29, 0.717) is 24.0 Å². The van der Waals surface area contributed by atoms with Crippen LogP contribution in [0.1, 0.15) is 29.9 Å². The summed E-state index contributed by atoms with van der Waals surface area (Å²) >= 11 is 0. The van der Waals surface area contributed by atoms with E-state index in [-0.39, 0.29) is 5.91 Å². The zero-order valence-corrected chi connectivity index (χ0v) is 14.4. The first-order valence-electron chi connectivity index (χ1n) is 8.05. The first kappa shape index (κ1) is 17.7. The predicted molar refractivity (Wildman–Crippen MR) is 94.4 cm³/mol. The number of carbonyl (C=O) groups is 1. The van der Waals surface area contributed by atoms with E-state index in [2.05, 4.69) is 20.6 Å². The van der Waals surface area contributed by atoms with Crippen LogP contribution in [0, 0.1) is 5.92 Å². The molecular formula is C18H24N4O2. The van der Waals surface area contributed by atoms with Gasteiger partial charge in [0.15, 0.2) is 0 Å². The Hall–Kier alpha value is -2.63. The summed E-state index contributed by atoms with van der Waals surface area (Å²) < 4.78 is 5.14. The first-order chi connectivity index (χ1) is 11.6. The molecule has 0 unspecified atom stereocenters. The third-order valence-corrected chi connectivity index (χ3v) is 3.45. The van der Waals surface area contributed by atoms with Crippen molar-refractivity contribution in [3.05, 3.63) is 47.9 Å². The molecule has 6 heteroatoms. The van der Waals surface area contributed by atoms with Gasteiger partial charge in [-0.15, -0.1) is 0 Å². The molecule has 2 aromatic rings. The van der Waals surface area contributed by atoms with Crippen molar-refractivity contribution in [3.8, 4) is 5.75 Å². The van der Waals surface area contributed by atoms with Gasteiger partial charge in [0.05, 0.1) is 7.11 Å². The van der Waals surface area contributed by atoms with E-state index in [0.717, 1.165) is 18.7 Å². The lowest BCUT2D eigenvalue weighted by atomic mass is 10.1. The van der Waals surface area contributed by atoms with Gasteiger partial charge < -0.3 is 15.4 Å². The molecule has 0 saturated heterocycles. The average Bonchev–Trinajstić information content (AvgIpc) is 2.60. The Kier molecular flexibility index (Phi) is 6.54. The molecule has 0 aliphatic carbocycles. The molecule has 1 aromatic heterocycles. The number of aromatic nitrogens is 2. The molecule has 0 saturated carbocycles. The molecule has 2 rings (SSSR count). The fourth-order valence-corrected chi connectivity index (χ4v) is 2.09. The average molecular weight is 328 g/mol. The second-order valence-corrected chi connectivity index (χ2v) is 5.92. The second-order valence-electron chi connectivity index (χ2n) is 5.92. The minimum Gasteiger partial charge on any atom is -0.497 e. The molecule has 2 N–H and O–H groups in total. The Bertz CT molecular complexity index is 656. The molecule has 0 aliphatic heterocycles. The highest BCUT2D eigenvalue weighted by Gasteiger charge is 2.08. The summed E-state index contributed by atoms with van der Waals surface area (Å²) in [5.41, 5.74) is 1.57. The lowest BCUT2D eigenvalue weighted by Crippen LogP contribution is -2.28. The Morgan fingerprint density at radius 3 is 2.62 bits per heavy atom. The lowest BCUT2D eigenvalue weighted by Gasteiger charge is -2.09. The summed E-state index contributed by atoms with van der Waals surface area (Å²) in [7, 11) is 1.65. The lowest BCUT2D eigenvalue weighted by molar-refractivity contribution is 0.0944. The zero-order valence-electron chi connectivity index (χ0n) is 14.4. The van der Waals surface area contributed by atoms with Crippen LogP contribution in [0.3, 0.4) is 0 Å². The molecule has 1 heterocycles. The molecule has 6 nitrogen and oxygen atoms in total. The van der Waals surface area contributed by atoms with E-state index < -0.39 is 0 Å². The number of hydrogen-bond acceptors (Lipinski definition) is 5. The van der Waals surface area contributed by atoms with Crippen molar-refractivity contribution >= 4 is 11.7 Å². The molecule has 0 aliphatic rings. The number of ether oxygens (including phenoxy) is 1. The van der Waals surface area contributed by atoms with Gasteiger partial charge in [-0.2, -0.15) is 0 Å². The summed E-state index contributed by atoms with van der Waals surface area (Å²) in [5.74, 6) is 1.72. The van der Waals surface area contributed by atoms with Gasteiger partial charge in [0.2, 0.25) is 0 Å². The molecule has 0 spiro atoms. The van der Waals surface area contributed by atoms with Gasteiger partial charge in [0.1, 0.15) is 23.6 Å². The molecule has 1 aromatic carbocycles. The van der Waals surface area contributed by atoms with Crippen LogP contribution in [0.25, 0.3) is 0 Å². The normalized spacial score (nSPS) is 10.5. The zero-order chi connectivity index (χ0) is 17.4. The van der Waals surface area contributed by atoms with Gasteiger partial charge in [-0.05, 0) is 30.0 Å². The number of benzene rings is 1. The van der Waals surface area contributed by atoms with Crippen molar-refractivity contribution < 1.29 is 9.53 Å². The summed E-state index contributed by atoms with van der Waals surface area (Å²) in [6.45, 7) is 5.44. The minimum absolute atomic E-state index is 0.177. The number of rotatable bonds is 8. The topological polar surface area (TPSA) is 76.1 Å². The van der Waals surface area contributed by atoms with Gasteiger partial charge in [-0.25, -0.2) is 9.97 Å². The van der Waals surface area contributed by atoms with Crippen LogP contribution in [0.4, 0.5) is 5.82 Å². The van der Waals surface area contributed by atoms with Gasteiger partial charge in [-0.1, -0.05) is 26.0 Å². The van der Waals surface area contributed by atoms with Gasteiger partial charge in [0, 0.05) is 19.2 Å². The second kappa shape index (κ2) is 8.86. The van der Waals surface area contributed by atoms with Crippen LogP contribution >= 0.6 is 0 Å². The fraction of sp³-hybridized carbons (Fsp3) is 0.389. The van der Waals surface area contributed by atoms with Crippen molar-refractivity contribution in [3.63, 3.8) is 0 Å². The van der Waals surface area contributed by atoms with E-state index in [1.54, 1.807) is 13.2 Å². The molecule has 0 bridgehead atoms. The van der Waals surface area contributed by atoms with E-state index in [1.807, 2.05) is 38.1 Å². The van der Waals surface area contributed by atoms with Crippen LogP contribution in [0.2, 0.25) is 0 Å². The summed E-state index contributed by atoms with van der Waals surface area (Å²) in [6.07, 6.45) is 2.25. The highest BCUT2D eigenvalue weighted by molar-refractivity contribution is 5.92. The van der Waals surface area contributed by atoms with Crippen molar-refractivity contribution in [2.45, 2.75) is 20.3 Å². The van der Waals surface area contributed by atoms with E-state index in [1.165, 1.54) is 11.9 Å². The van der Waals surface area contributed by atoms with Crippen molar-refractivity contribution in [1.82, 2.24) is 15.3 Å². The smallest absolute Gasteiger partial charge is 0.270 e. The van der Waals surface area contributed by atoms with Crippen molar-refractivity contribution in [2.24, 2.45) is 5.92 Å². The van der Waals surface area contributed by atoms with Gasteiger partial charge in [0.25, 0.3) is 5.91 Å². The number of carbonyl (C=O) groups excluding carboxylic acids is 1. The number of anilines is 1. The number of hydrogen-bond donors (Lipinski definition) is 2. The quantitative estimate of drug-likeness (QED) is 0.779. The van der Waals surface area contributed by atoms with E-state index >= 15 is 0 Å². The Labute approximate surface area is 142 Å². The molecule has 24 heavy (non-hydrogen) atoms. The highest BCUT2D eigenvalue weighted by atomic mass is 16.5. The fourth-order valence-electron chi connectivity index (χ4n) is 2.09. The van der Waals surface area contributed by atoms with Gasteiger partial charge in [-0.3, -0.25) is 4.79 Å². The third-order valence-electron chi connectivity index (χ3n) is 3.45. The van der Waals surface area contributed by atoms with E-state index in [9.17, 15) is 4.79 Å². The number of methoxy groups -OCH3 is 1. The maximum absolute atomic E-state index is 12.0. The Morgan fingerprint density at radius 2 is 1.96 bits per heavy atom. The summed E-state index contributed by atoms with van der Waals surface area (Å²) in [6, 6.07) is 9.62. The standard InChI is InChI=1S/C18H24N4O2/c1-13(2)11-20-18(23)16-10-17(22-12-21-16)19-9-8-14-4-6-15(24-3)7-5-14/h4-7,10,12-13H,8-9,11H2,1-3H3,(H,20,23)(H,19,21,22). The van der Waals surface area contributed by atoms with Crippen LogP contribution in [-0.2, 0) is 6.42 Å². The first-order valence-corrected chi connectivity index (χ1v) is 8.05.